The van der Waals surface area contributed by atoms with Gasteiger partial charge in [0.1, 0.15) is 12.4 Å². The van der Waals surface area contributed by atoms with Gasteiger partial charge in [-0.3, -0.25) is 9.69 Å². The first-order valence-corrected chi connectivity index (χ1v) is 13.9. The quantitative estimate of drug-likeness (QED) is 0.406. The van der Waals surface area contributed by atoms with E-state index >= 15 is 0 Å². The molecule has 2 fully saturated rings. The van der Waals surface area contributed by atoms with Crippen molar-refractivity contribution in [3.8, 4) is 5.88 Å². The summed E-state index contributed by atoms with van der Waals surface area (Å²) in [5.74, 6) is 1.08. The van der Waals surface area contributed by atoms with Gasteiger partial charge in [-0.15, -0.1) is 0 Å². The normalized spacial score (nSPS) is 19.2. The molecule has 0 spiro atoms. The summed E-state index contributed by atoms with van der Waals surface area (Å²) in [6, 6.07) is 13.8. The highest BCUT2D eigenvalue weighted by molar-refractivity contribution is 6.30. The van der Waals surface area contributed by atoms with Crippen LogP contribution in [0.15, 0.2) is 55.0 Å². The third kappa shape index (κ3) is 5.69. The van der Waals surface area contributed by atoms with Crippen molar-refractivity contribution in [2.24, 2.45) is 5.92 Å². The molecule has 2 aliphatic rings. The number of piperidine rings is 2. The molecule has 0 N–H and O–H groups in total. The number of aromatic nitrogens is 3. The molecule has 4 heterocycles. The minimum absolute atomic E-state index is 0.0545. The van der Waals surface area contributed by atoms with Gasteiger partial charge in [0.2, 0.25) is 5.88 Å². The molecule has 7 nitrogen and oxygen atoms in total. The van der Waals surface area contributed by atoms with E-state index in [0.29, 0.717) is 17.4 Å². The van der Waals surface area contributed by atoms with Gasteiger partial charge in [-0.05, 0) is 83.3 Å². The second-order valence-electron chi connectivity index (χ2n) is 10.8. The fraction of sp³-hybridized carbons (Fsp3) is 0.467. The number of carbonyl (C=O) groups is 1. The average Bonchev–Trinajstić information content (AvgIpc) is 2.93. The SMILES string of the molecule is Cc1ncnc(C)c1C(=O)N1CCC(C)(N2CCC(C(Oc3ccccn3)c3ccc(Cl)cc3)CC2)CC1. The Hall–Kier alpha value is -3.03. The minimum Gasteiger partial charge on any atom is -0.469 e. The molecule has 1 amide bonds. The van der Waals surface area contributed by atoms with Crippen molar-refractivity contribution in [2.45, 2.75) is 58.1 Å². The summed E-state index contributed by atoms with van der Waals surface area (Å²) in [5.41, 5.74) is 3.36. The Bertz CT molecular complexity index is 1220. The Balaban J connectivity index is 1.22. The molecule has 0 aliphatic carbocycles. The molecule has 8 heteroatoms. The molecule has 2 aromatic heterocycles. The largest absolute Gasteiger partial charge is 0.469 e. The third-order valence-corrected chi connectivity index (χ3v) is 8.64. The fourth-order valence-corrected chi connectivity index (χ4v) is 6.07. The van der Waals surface area contributed by atoms with Crippen molar-refractivity contribution >= 4 is 17.5 Å². The third-order valence-electron chi connectivity index (χ3n) is 8.38. The highest BCUT2D eigenvalue weighted by Gasteiger charge is 2.40. The van der Waals surface area contributed by atoms with E-state index in [0.717, 1.165) is 73.8 Å². The van der Waals surface area contributed by atoms with Crippen LogP contribution in [0.1, 0.15) is 66.0 Å². The smallest absolute Gasteiger partial charge is 0.257 e. The molecule has 200 valence electrons. The summed E-state index contributed by atoms with van der Waals surface area (Å²) >= 11 is 6.17. The van der Waals surface area contributed by atoms with Crippen LogP contribution < -0.4 is 4.74 Å². The van der Waals surface area contributed by atoms with Gasteiger partial charge in [0, 0.05) is 41.8 Å². The van der Waals surface area contributed by atoms with Crippen LogP contribution in [0.4, 0.5) is 0 Å². The van der Waals surface area contributed by atoms with Crippen LogP contribution in [0.3, 0.4) is 0 Å². The Labute approximate surface area is 230 Å². The molecule has 38 heavy (non-hydrogen) atoms. The standard InChI is InChI=1S/C30H36ClN5O2/c1-21-27(22(2)34-20-33-21)29(37)35-18-13-30(3,14-19-35)36-16-11-24(12-17-36)28(23-7-9-25(31)10-8-23)38-26-6-4-5-15-32-26/h4-10,15,20,24,28H,11-14,16-19H2,1-3H3. The van der Waals surface area contributed by atoms with Gasteiger partial charge in [0.25, 0.3) is 5.91 Å². The van der Waals surface area contributed by atoms with Gasteiger partial charge in [-0.1, -0.05) is 29.8 Å². The molecule has 2 aliphatic heterocycles. The maximum Gasteiger partial charge on any atom is 0.257 e. The van der Waals surface area contributed by atoms with Crippen molar-refractivity contribution in [1.29, 1.82) is 0 Å². The predicted octanol–water partition coefficient (Wildman–Crippen LogP) is 5.67. The Morgan fingerprint density at radius 2 is 1.63 bits per heavy atom. The summed E-state index contributed by atoms with van der Waals surface area (Å²) in [6.07, 6.45) is 7.21. The summed E-state index contributed by atoms with van der Waals surface area (Å²) in [7, 11) is 0. The van der Waals surface area contributed by atoms with Gasteiger partial charge >= 0.3 is 0 Å². The lowest BCUT2D eigenvalue weighted by Crippen LogP contribution is -2.56. The van der Waals surface area contributed by atoms with E-state index in [4.69, 9.17) is 16.3 Å². The fourth-order valence-electron chi connectivity index (χ4n) is 5.95. The Kier molecular flexibility index (Phi) is 7.96. The number of rotatable bonds is 6. The first-order chi connectivity index (χ1) is 18.3. The van der Waals surface area contributed by atoms with E-state index in [9.17, 15) is 4.79 Å². The molecular weight excluding hydrogens is 498 g/mol. The van der Waals surface area contributed by atoms with Gasteiger partial charge in [-0.25, -0.2) is 15.0 Å². The summed E-state index contributed by atoms with van der Waals surface area (Å²) < 4.78 is 6.46. The summed E-state index contributed by atoms with van der Waals surface area (Å²) in [6.45, 7) is 9.64. The molecule has 0 saturated carbocycles. The van der Waals surface area contributed by atoms with Crippen LogP contribution in [-0.2, 0) is 0 Å². The lowest BCUT2D eigenvalue weighted by Gasteiger charge is -2.49. The summed E-state index contributed by atoms with van der Waals surface area (Å²) in [4.78, 5) is 30.8. The first kappa shape index (κ1) is 26.6. The van der Waals surface area contributed by atoms with Crippen molar-refractivity contribution in [3.05, 3.63) is 82.5 Å². The van der Waals surface area contributed by atoms with E-state index in [1.54, 1.807) is 6.20 Å². The number of aryl methyl sites for hydroxylation is 2. The van der Waals surface area contributed by atoms with Crippen molar-refractivity contribution < 1.29 is 9.53 Å². The van der Waals surface area contributed by atoms with E-state index < -0.39 is 0 Å². The second-order valence-corrected chi connectivity index (χ2v) is 11.2. The number of pyridine rings is 1. The van der Waals surface area contributed by atoms with Crippen LogP contribution in [0.2, 0.25) is 5.02 Å². The molecule has 2 saturated heterocycles. The summed E-state index contributed by atoms with van der Waals surface area (Å²) in [5, 5.41) is 0.725. The van der Waals surface area contributed by atoms with Crippen LogP contribution in [0.5, 0.6) is 5.88 Å². The molecule has 1 aromatic carbocycles. The predicted molar refractivity (Wildman–Crippen MR) is 148 cm³/mol. The number of halogens is 1. The van der Waals surface area contributed by atoms with Crippen molar-refractivity contribution in [3.63, 3.8) is 0 Å². The number of carbonyl (C=O) groups excluding carboxylic acids is 1. The van der Waals surface area contributed by atoms with E-state index in [1.165, 1.54) is 6.33 Å². The van der Waals surface area contributed by atoms with E-state index in [-0.39, 0.29) is 17.6 Å². The Morgan fingerprint density at radius 1 is 0.974 bits per heavy atom. The molecule has 3 aromatic rings. The van der Waals surface area contributed by atoms with E-state index in [1.807, 2.05) is 49.1 Å². The number of hydrogen-bond donors (Lipinski definition) is 0. The highest BCUT2D eigenvalue weighted by Crippen LogP contribution is 2.39. The minimum atomic E-state index is -0.0730. The van der Waals surface area contributed by atoms with Crippen LogP contribution in [-0.4, -0.2) is 62.4 Å². The number of amides is 1. The van der Waals surface area contributed by atoms with Gasteiger partial charge in [-0.2, -0.15) is 0 Å². The van der Waals surface area contributed by atoms with Gasteiger partial charge in [0.05, 0.1) is 17.0 Å². The maximum atomic E-state index is 13.3. The van der Waals surface area contributed by atoms with Crippen LogP contribution >= 0.6 is 11.6 Å². The molecule has 1 unspecified atom stereocenters. The number of ether oxygens (including phenoxy) is 1. The zero-order valence-electron chi connectivity index (χ0n) is 22.4. The van der Waals surface area contributed by atoms with Crippen LogP contribution in [0.25, 0.3) is 0 Å². The molecule has 5 rings (SSSR count). The Morgan fingerprint density at radius 3 is 2.24 bits per heavy atom. The zero-order chi connectivity index (χ0) is 26.7. The molecule has 1 atom stereocenters. The lowest BCUT2D eigenvalue weighted by atomic mass is 9.82. The van der Waals surface area contributed by atoms with Gasteiger partial charge in [0.15, 0.2) is 0 Å². The van der Waals surface area contributed by atoms with Crippen molar-refractivity contribution in [1.82, 2.24) is 24.8 Å². The van der Waals surface area contributed by atoms with E-state index in [2.05, 4.69) is 38.9 Å². The van der Waals surface area contributed by atoms with Crippen molar-refractivity contribution in [2.75, 3.05) is 26.2 Å². The number of nitrogens with zero attached hydrogens (tertiary/aromatic N) is 5. The second kappa shape index (κ2) is 11.4. The number of likely N-dealkylation sites (tertiary alicyclic amines) is 2. The van der Waals surface area contributed by atoms with Gasteiger partial charge < -0.3 is 9.64 Å². The zero-order valence-corrected chi connectivity index (χ0v) is 23.2. The monoisotopic (exact) mass is 533 g/mol. The molecule has 0 bridgehead atoms. The topological polar surface area (TPSA) is 71.5 Å². The maximum absolute atomic E-state index is 13.3. The first-order valence-electron chi connectivity index (χ1n) is 13.5. The lowest BCUT2D eigenvalue weighted by molar-refractivity contribution is -0.00615. The highest BCUT2D eigenvalue weighted by atomic mass is 35.5. The van der Waals surface area contributed by atoms with Crippen LogP contribution in [0, 0.1) is 19.8 Å². The average molecular weight is 534 g/mol. The molecular formula is C30H36ClN5O2. The number of hydrogen-bond acceptors (Lipinski definition) is 6. The molecule has 0 radical (unpaired) electrons. The number of benzene rings is 1.